The fourth-order valence-electron chi connectivity index (χ4n) is 7.08. The first kappa shape index (κ1) is 34.4. The number of likely N-dealkylation sites (N-methyl/N-ethyl adjacent to an activating group) is 1. The maximum Gasteiger partial charge on any atom is 2.00 e. The number of anilines is 3. The van der Waals surface area contributed by atoms with Crippen molar-refractivity contribution in [2.75, 3.05) is 42.6 Å². The van der Waals surface area contributed by atoms with Gasteiger partial charge in [0.05, 0.1) is 29.0 Å². The summed E-state index contributed by atoms with van der Waals surface area (Å²) < 4.78 is 21.5. The molecule has 2 saturated heterocycles. The van der Waals surface area contributed by atoms with Gasteiger partial charge in [0, 0.05) is 30.9 Å². The number of aryl methyl sites for hydroxylation is 1. The number of likely N-dealkylation sites (tertiary alicyclic amines) is 1. The Hall–Kier alpha value is -2.96. The van der Waals surface area contributed by atoms with Gasteiger partial charge in [-0.2, -0.15) is 10.2 Å². The van der Waals surface area contributed by atoms with Crippen LogP contribution in [-0.2, 0) is 29.2 Å². The van der Waals surface area contributed by atoms with Crippen LogP contribution in [0.15, 0.2) is 12.1 Å². The van der Waals surface area contributed by atoms with Crippen molar-refractivity contribution in [3.63, 3.8) is 0 Å². The molecule has 3 unspecified atom stereocenters. The fraction of sp³-hybridized carbons (Fsp3) is 0.412. The van der Waals surface area contributed by atoms with Gasteiger partial charge < -0.3 is 39.9 Å². The third-order valence-electron chi connectivity index (χ3n) is 9.52. The quantitative estimate of drug-likeness (QED) is 0.232. The Kier molecular flexibility index (Phi) is 9.92. The number of rotatable bonds is 5. The molecule has 3 atom stereocenters. The minimum Gasteiger partial charge on any atom is -0.389 e. The summed E-state index contributed by atoms with van der Waals surface area (Å²) in [6.07, 6.45) is 2.24. The molecule has 3 aliphatic heterocycles. The molecular formula is C34H38FN7O2SU. The number of hydrogen-bond donors (Lipinski definition) is 2. The van der Waals surface area contributed by atoms with Crippen molar-refractivity contribution in [3.05, 3.63) is 54.6 Å². The summed E-state index contributed by atoms with van der Waals surface area (Å²) in [6, 6.07) is 5.01. The number of aromatic nitrogens is 2. The van der Waals surface area contributed by atoms with Gasteiger partial charge in [-0.15, -0.1) is 17.3 Å². The van der Waals surface area contributed by atoms with E-state index in [1.54, 1.807) is 11.0 Å². The van der Waals surface area contributed by atoms with Gasteiger partial charge >= 0.3 is 31.1 Å². The normalized spacial score (nSPS) is 20.9. The largest absolute Gasteiger partial charge is 2.00 e. The van der Waals surface area contributed by atoms with Crippen molar-refractivity contribution >= 4 is 55.0 Å². The second kappa shape index (κ2) is 13.3. The van der Waals surface area contributed by atoms with Gasteiger partial charge in [0.15, 0.2) is 0 Å². The molecule has 4 aromatic rings. The van der Waals surface area contributed by atoms with E-state index in [9.17, 15) is 10.1 Å². The first-order chi connectivity index (χ1) is 21.2. The number of nitriles is 1. The van der Waals surface area contributed by atoms with E-state index in [0.29, 0.717) is 58.8 Å². The van der Waals surface area contributed by atoms with Gasteiger partial charge in [-0.1, -0.05) is 19.9 Å². The molecule has 3 aliphatic rings. The second-order valence-electron chi connectivity index (χ2n) is 12.2. The van der Waals surface area contributed by atoms with E-state index >= 15 is 4.39 Å². The Morgan fingerprint density at radius 2 is 2.00 bits per heavy atom. The number of carbonyl (C=O) groups excluding carboxylic acids is 1. The van der Waals surface area contributed by atoms with Gasteiger partial charge in [0.2, 0.25) is 11.9 Å². The molecule has 238 valence electrons. The number of thiophene rings is 1. The molecule has 5 heterocycles. The number of halogens is 1. The van der Waals surface area contributed by atoms with Crippen LogP contribution in [0.2, 0.25) is 0 Å². The molecule has 0 radical (unpaired) electrons. The summed E-state index contributed by atoms with van der Waals surface area (Å²) in [4.78, 5) is 27.5. The van der Waals surface area contributed by atoms with Crippen LogP contribution in [0.5, 0.6) is 0 Å². The van der Waals surface area contributed by atoms with Gasteiger partial charge in [-0.3, -0.25) is 4.79 Å². The molecule has 2 aromatic carbocycles. The van der Waals surface area contributed by atoms with Crippen molar-refractivity contribution in [2.45, 2.75) is 52.4 Å². The van der Waals surface area contributed by atoms with Crippen LogP contribution in [0, 0.1) is 74.4 Å². The van der Waals surface area contributed by atoms with Crippen LogP contribution in [0.1, 0.15) is 48.9 Å². The van der Waals surface area contributed by atoms with Crippen molar-refractivity contribution in [3.8, 4) is 17.2 Å². The number of fused-ring (bicyclic) bond motifs is 4. The number of nitrogens with zero attached hydrogens (tertiary/aromatic N) is 5. The average Bonchev–Trinajstić information content (AvgIpc) is 3.72. The number of nitrogens with one attached hydrogen (secondary N) is 1. The zero-order valence-electron chi connectivity index (χ0n) is 26.7. The van der Waals surface area contributed by atoms with Crippen LogP contribution in [0.3, 0.4) is 0 Å². The van der Waals surface area contributed by atoms with Crippen LogP contribution >= 0.6 is 11.3 Å². The van der Waals surface area contributed by atoms with Crippen molar-refractivity contribution < 1.29 is 45.0 Å². The van der Waals surface area contributed by atoms with E-state index < -0.39 is 11.9 Å². The third kappa shape index (κ3) is 5.43. The predicted octanol–water partition coefficient (Wildman–Crippen LogP) is 6.09. The molecule has 0 bridgehead atoms. The summed E-state index contributed by atoms with van der Waals surface area (Å²) >= 11 is 1.10. The standard InChI is InChI=1S/C33H35FN7O2S.CH3.U/c1-5-18-25(19-8-9-23(34)29-26(19)20(11-35)30(36)44-29)21-14-43-15-22(21)27-28(18)38-33(41-12-16(2)17(3)13-41)39-31(27)37-24-7-6-10-40(4)32(24)42;;/h8-9,16-17,24H,2,5-7,10,12-15,36H2,1,3-4H3,(H,37,38,39);1H3;/q2*-1;+2. The maximum absolute atomic E-state index is 15.1. The van der Waals surface area contributed by atoms with Gasteiger partial charge in [0.25, 0.3) is 0 Å². The zero-order valence-corrected chi connectivity index (χ0v) is 31.6. The van der Waals surface area contributed by atoms with Crippen LogP contribution in [0.4, 0.5) is 21.2 Å². The van der Waals surface area contributed by atoms with Crippen molar-refractivity contribution in [1.29, 1.82) is 5.26 Å². The topological polar surface area (TPSA) is 120 Å². The molecule has 1 amide bonds. The molecular weight excluding hydrogens is 828 g/mol. The molecule has 2 fully saturated rings. The molecule has 0 spiro atoms. The maximum atomic E-state index is 15.1. The molecule has 0 aliphatic carbocycles. The first-order valence-corrected chi connectivity index (χ1v) is 16.0. The molecule has 0 saturated carbocycles. The number of nitrogens with two attached hydrogens (primary N) is 1. The molecule has 9 nitrogen and oxygen atoms in total. The van der Waals surface area contributed by atoms with Gasteiger partial charge in [-0.05, 0) is 65.6 Å². The van der Waals surface area contributed by atoms with Crippen LogP contribution in [0.25, 0.3) is 32.1 Å². The van der Waals surface area contributed by atoms with E-state index in [0.717, 1.165) is 76.1 Å². The summed E-state index contributed by atoms with van der Waals surface area (Å²) in [5, 5.41) is 15.3. The second-order valence-corrected chi connectivity index (χ2v) is 13.3. The summed E-state index contributed by atoms with van der Waals surface area (Å²) in [6.45, 7) is 11.6. The summed E-state index contributed by atoms with van der Waals surface area (Å²) in [7, 11) is 1.84. The summed E-state index contributed by atoms with van der Waals surface area (Å²) in [5.41, 5.74) is 11.8. The predicted molar refractivity (Wildman–Crippen MR) is 178 cm³/mol. The Morgan fingerprint density at radius 3 is 2.70 bits per heavy atom. The van der Waals surface area contributed by atoms with E-state index in [4.69, 9.17) is 20.4 Å². The number of benzene rings is 2. The number of nitrogen functional groups attached to an aromatic ring is 1. The van der Waals surface area contributed by atoms with Gasteiger partial charge in [-0.25, -0.2) is 9.37 Å². The fourth-order valence-corrected chi connectivity index (χ4v) is 8.03. The van der Waals surface area contributed by atoms with Crippen LogP contribution in [-0.4, -0.2) is 53.5 Å². The van der Waals surface area contributed by atoms with Crippen LogP contribution < -0.4 is 16.0 Å². The van der Waals surface area contributed by atoms with Crippen molar-refractivity contribution in [2.24, 2.45) is 11.8 Å². The Morgan fingerprint density at radius 1 is 1.24 bits per heavy atom. The Labute approximate surface area is 297 Å². The monoisotopic (exact) mass is 865 g/mol. The first-order valence-electron chi connectivity index (χ1n) is 15.2. The third-order valence-corrected chi connectivity index (χ3v) is 10.5. The van der Waals surface area contributed by atoms with Crippen molar-refractivity contribution in [1.82, 2.24) is 14.9 Å². The number of carbonyl (C=O) groups is 1. The van der Waals surface area contributed by atoms with Gasteiger partial charge in [0.1, 0.15) is 28.7 Å². The number of amides is 1. The zero-order chi connectivity index (χ0) is 30.9. The summed E-state index contributed by atoms with van der Waals surface area (Å²) in [5.74, 6) is 1.49. The van der Waals surface area contributed by atoms with E-state index in [1.807, 2.05) is 7.05 Å². The minimum atomic E-state index is -0.405. The molecule has 2 aromatic heterocycles. The Balaban J connectivity index is 0.00000208. The molecule has 7 rings (SSSR count). The van der Waals surface area contributed by atoms with E-state index in [2.05, 4.69) is 37.1 Å². The number of hydrogen-bond acceptors (Lipinski definition) is 9. The van der Waals surface area contributed by atoms with E-state index in [1.165, 1.54) is 6.07 Å². The Bertz CT molecular complexity index is 1880. The molecule has 12 heteroatoms. The molecule has 3 N–H and O–H groups in total. The smallest absolute Gasteiger partial charge is 0.389 e. The molecule has 46 heavy (non-hydrogen) atoms. The number of ether oxygens (including phenoxy) is 1. The number of piperidine rings is 1. The van der Waals surface area contributed by atoms with E-state index in [-0.39, 0.29) is 55.9 Å². The average molecular weight is 866 g/mol. The minimum absolute atomic E-state index is 0. The SMILES string of the molecule is [CH2-]C1CN(c2nc(NC3CCCN(C)C3=O)c3c4c(c(-c5ccc(F)c6sc(N)c(C#N)c56)c(CC)c3n2)COC4)CC1C.[CH3-].[U+2].